The van der Waals surface area contributed by atoms with Gasteiger partial charge in [0.15, 0.2) is 12.2 Å². The van der Waals surface area contributed by atoms with Crippen LogP contribution in [0, 0.1) is 17.8 Å². The number of hydrogen-bond acceptors (Lipinski definition) is 15. The Labute approximate surface area is 658 Å². The van der Waals surface area contributed by atoms with Crippen LogP contribution in [-0.2, 0) is 65.4 Å². The number of hydrogen-bond donors (Lipinski definition) is 3. The quantitative estimate of drug-likeness (QED) is 0.0222. The molecule has 0 radical (unpaired) electrons. The van der Waals surface area contributed by atoms with Gasteiger partial charge in [0.2, 0.25) is 0 Å². The molecule has 3 N–H and O–H groups in total. The summed E-state index contributed by atoms with van der Waals surface area (Å²) < 4.78 is 69.0. The van der Waals surface area contributed by atoms with Crippen LogP contribution in [0.25, 0.3) is 0 Å². The van der Waals surface area contributed by atoms with E-state index < -0.39 is 97.5 Å². The van der Waals surface area contributed by atoms with Gasteiger partial charge in [0.1, 0.15) is 19.3 Å². The number of phosphoric ester groups is 2. The fraction of sp³-hybridized carbons (Fsp3) is 0.955. The van der Waals surface area contributed by atoms with E-state index in [0.29, 0.717) is 25.7 Å². The van der Waals surface area contributed by atoms with Crippen molar-refractivity contribution in [3.8, 4) is 0 Å². The van der Waals surface area contributed by atoms with E-state index in [1.807, 2.05) is 0 Å². The maximum Gasteiger partial charge on any atom is 0.472 e. The van der Waals surface area contributed by atoms with Crippen molar-refractivity contribution in [2.75, 3.05) is 39.6 Å². The fourth-order valence-corrected chi connectivity index (χ4v) is 15.2. The van der Waals surface area contributed by atoms with Crippen LogP contribution in [0.5, 0.6) is 0 Å². The first-order valence-electron chi connectivity index (χ1n) is 45.4. The SMILES string of the molecule is CCCCCCCCCCCCCCCCCCCCCC(=O)OC[C@H](COP(=O)(O)OC[C@@H](O)COP(=O)(O)OC[C@@H](COC(=O)CCCCCCCCCCC(C)CC)OC(=O)CCCCCCCCCCCCCC(C)C)OC(=O)CCCCCCCCCCCCCCCCCCCCC(C)CC. The Morgan fingerprint density at radius 2 is 0.477 bits per heavy atom. The van der Waals surface area contributed by atoms with Gasteiger partial charge in [-0.25, -0.2) is 9.13 Å². The minimum Gasteiger partial charge on any atom is -0.462 e. The van der Waals surface area contributed by atoms with Gasteiger partial charge >= 0.3 is 39.5 Å². The Bertz CT molecular complexity index is 2060. The molecule has 0 heterocycles. The number of aliphatic hydroxyl groups excluding tert-OH is 1. The first kappa shape index (κ1) is 105. The van der Waals surface area contributed by atoms with Crippen LogP contribution in [0.4, 0.5) is 0 Å². The van der Waals surface area contributed by atoms with Crippen LogP contribution < -0.4 is 0 Å². The van der Waals surface area contributed by atoms with Gasteiger partial charge < -0.3 is 33.8 Å². The van der Waals surface area contributed by atoms with Crippen LogP contribution in [0.15, 0.2) is 0 Å². The number of unbranched alkanes of at least 4 members (excludes halogenated alkanes) is 52. The highest BCUT2D eigenvalue weighted by atomic mass is 31.2. The largest absolute Gasteiger partial charge is 0.472 e. The van der Waals surface area contributed by atoms with Crippen LogP contribution >= 0.6 is 15.6 Å². The molecule has 0 aliphatic rings. The van der Waals surface area contributed by atoms with Crippen molar-refractivity contribution < 1.29 is 80.2 Å². The average molecular weight is 1560 g/mol. The highest BCUT2D eigenvalue weighted by Gasteiger charge is 2.31. The first-order chi connectivity index (χ1) is 51.8. The zero-order valence-corrected chi connectivity index (χ0v) is 72.4. The van der Waals surface area contributed by atoms with Crippen LogP contribution in [0.3, 0.4) is 0 Å². The van der Waals surface area contributed by atoms with Gasteiger partial charge in [-0.2, -0.15) is 0 Å². The summed E-state index contributed by atoms with van der Waals surface area (Å²) in [5, 5.41) is 10.7. The van der Waals surface area contributed by atoms with Crippen molar-refractivity contribution in [3.05, 3.63) is 0 Å². The Hall–Kier alpha value is -1.94. The van der Waals surface area contributed by atoms with E-state index in [1.54, 1.807) is 0 Å². The number of carbonyl (C=O) groups excluding carboxylic acids is 4. The molecule has 0 aliphatic heterocycles. The van der Waals surface area contributed by atoms with Crippen LogP contribution in [0.1, 0.15) is 466 Å². The van der Waals surface area contributed by atoms with Gasteiger partial charge in [0, 0.05) is 25.7 Å². The molecule has 107 heavy (non-hydrogen) atoms. The number of rotatable bonds is 86. The third kappa shape index (κ3) is 79.1. The molecule has 0 amide bonds. The summed E-state index contributed by atoms with van der Waals surface area (Å²) in [5.41, 5.74) is 0. The molecule has 0 aliphatic carbocycles. The lowest BCUT2D eigenvalue weighted by Crippen LogP contribution is -2.30. The zero-order valence-electron chi connectivity index (χ0n) is 70.6. The predicted molar refractivity (Wildman–Crippen MR) is 441 cm³/mol. The molecule has 636 valence electrons. The van der Waals surface area contributed by atoms with Crippen molar-refractivity contribution in [1.29, 1.82) is 0 Å². The molecular weight excluding hydrogens is 1390 g/mol. The molecule has 0 fully saturated rings. The minimum absolute atomic E-state index is 0.106. The highest BCUT2D eigenvalue weighted by molar-refractivity contribution is 7.47. The molecule has 4 unspecified atom stereocenters. The summed E-state index contributed by atoms with van der Waals surface area (Å²) in [6.07, 6.45) is 69.4. The molecule has 17 nitrogen and oxygen atoms in total. The van der Waals surface area contributed by atoms with E-state index in [2.05, 4.69) is 48.5 Å². The standard InChI is InChI=1S/C88H172O17P2/c1-8-11-12-13-14-15-16-17-18-19-20-24-27-30-35-40-48-55-62-69-85(90)98-75-83(104-87(92)71-64-57-50-41-36-31-28-25-22-21-23-26-29-34-39-46-53-60-67-80(6)9-2)77-102-106(94,95)100-73-82(89)74-101-107(96,97)103-78-84(76-99-86(91)70-63-56-49-44-43-47-54-61-68-81(7)10-3)105-88(93)72-65-58-51-42-37-32-33-38-45-52-59-66-79(4)5/h79-84,89H,8-78H2,1-7H3,(H,94,95)(H,96,97)/t80?,81?,82-,83-,84-/m1/s1. The van der Waals surface area contributed by atoms with Gasteiger partial charge in [0.25, 0.3) is 0 Å². The Kier molecular flexibility index (Phi) is 76.6. The summed E-state index contributed by atoms with van der Waals surface area (Å²) in [7, 11) is -9.93. The zero-order chi connectivity index (χ0) is 78.6. The fourth-order valence-electron chi connectivity index (χ4n) is 13.7. The molecule has 0 aromatic carbocycles. The second-order valence-corrected chi connectivity index (χ2v) is 35.5. The van der Waals surface area contributed by atoms with Gasteiger partial charge in [-0.15, -0.1) is 0 Å². The number of ether oxygens (including phenoxy) is 4. The van der Waals surface area contributed by atoms with E-state index in [0.717, 1.165) is 108 Å². The van der Waals surface area contributed by atoms with Crippen molar-refractivity contribution in [3.63, 3.8) is 0 Å². The van der Waals surface area contributed by atoms with Crippen molar-refractivity contribution in [2.45, 2.75) is 484 Å². The van der Waals surface area contributed by atoms with E-state index in [1.165, 1.54) is 276 Å². The van der Waals surface area contributed by atoms with Gasteiger partial charge in [0.05, 0.1) is 26.4 Å². The van der Waals surface area contributed by atoms with Crippen LogP contribution in [-0.4, -0.2) is 96.7 Å². The topological polar surface area (TPSA) is 237 Å². The molecule has 0 rings (SSSR count). The molecule has 19 heteroatoms. The molecule has 7 atom stereocenters. The lowest BCUT2D eigenvalue weighted by atomic mass is 9.99. The maximum absolute atomic E-state index is 13.2. The number of phosphoric acid groups is 2. The molecule has 0 saturated carbocycles. The third-order valence-corrected chi connectivity index (χ3v) is 23.3. The van der Waals surface area contributed by atoms with E-state index >= 15 is 0 Å². The Morgan fingerprint density at radius 1 is 0.271 bits per heavy atom. The van der Waals surface area contributed by atoms with Gasteiger partial charge in [-0.3, -0.25) is 37.3 Å². The third-order valence-electron chi connectivity index (χ3n) is 21.4. The van der Waals surface area contributed by atoms with Crippen molar-refractivity contribution >= 4 is 39.5 Å². The second kappa shape index (κ2) is 78.0. The Balaban J connectivity index is 5.24. The van der Waals surface area contributed by atoms with Gasteiger partial charge in [-0.1, -0.05) is 414 Å². The molecule has 0 spiro atoms. The molecule has 0 aromatic rings. The number of esters is 4. The lowest BCUT2D eigenvalue weighted by Gasteiger charge is -2.21. The van der Waals surface area contributed by atoms with E-state index in [-0.39, 0.29) is 25.7 Å². The molecule has 0 bridgehead atoms. The average Bonchev–Trinajstić information content (AvgIpc) is 0.901. The van der Waals surface area contributed by atoms with Gasteiger partial charge in [-0.05, 0) is 43.4 Å². The molecule has 0 saturated heterocycles. The summed E-state index contributed by atoms with van der Waals surface area (Å²) in [6, 6.07) is 0. The highest BCUT2D eigenvalue weighted by Crippen LogP contribution is 2.45. The second-order valence-electron chi connectivity index (χ2n) is 32.6. The predicted octanol–water partition coefficient (Wildman–Crippen LogP) is 26.9. The van der Waals surface area contributed by atoms with Crippen LogP contribution in [0.2, 0.25) is 0 Å². The number of aliphatic hydroxyl groups is 1. The molecule has 0 aromatic heterocycles. The first-order valence-corrected chi connectivity index (χ1v) is 48.4. The van der Waals surface area contributed by atoms with E-state index in [4.69, 9.17) is 37.0 Å². The van der Waals surface area contributed by atoms with Crippen molar-refractivity contribution in [1.82, 2.24) is 0 Å². The maximum atomic E-state index is 13.2. The lowest BCUT2D eigenvalue weighted by molar-refractivity contribution is -0.161. The summed E-state index contributed by atoms with van der Waals surface area (Å²) >= 11 is 0. The Morgan fingerprint density at radius 3 is 0.710 bits per heavy atom. The summed E-state index contributed by atoms with van der Waals surface area (Å²) in [6.45, 7) is 12.1. The van der Waals surface area contributed by atoms with E-state index in [9.17, 15) is 43.2 Å². The monoisotopic (exact) mass is 1560 g/mol. The number of carbonyl (C=O) groups is 4. The normalized spacial score (nSPS) is 14.3. The minimum atomic E-state index is -4.97. The van der Waals surface area contributed by atoms with Crippen molar-refractivity contribution in [2.24, 2.45) is 17.8 Å². The summed E-state index contributed by atoms with van der Waals surface area (Å²) in [4.78, 5) is 73.3. The smallest absolute Gasteiger partial charge is 0.462 e. The summed E-state index contributed by atoms with van der Waals surface area (Å²) in [5.74, 6) is 0.311. The molecular formula is C88H172O17P2.